The highest BCUT2D eigenvalue weighted by atomic mass is 16.3. The first kappa shape index (κ1) is 13.2. The number of allylic oxidation sites excluding steroid dienone is 2. The zero-order chi connectivity index (χ0) is 12.0. The van der Waals surface area contributed by atoms with E-state index in [2.05, 4.69) is 13.5 Å². The third-order valence-electron chi connectivity index (χ3n) is 3.44. The van der Waals surface area contributed by atoms with Gasteiger partial charge in [-0.15, -0.1) is 6.58 Å². The number of ketones is 1. The monoisotopic (exact) mass is 222 g/mol. The van der Waals surface area contributed by atoms with Gasteiger partial charge in [-0.25, -0.2) is 0 Å². The number of hydrogen-bond acceptors (Lipinski definition) is 2. The van der Waals surface area contributed by atoms with Gasteiger partial charge in [0, 0.05) is 18.4 Å². The van der Waals surface area contributed by atoms with Crippen molar-refractivity contribution in [3.05, 3.63) is 24.8 Å². The van der Waals surface area contributed by atoms with Gasteiger partial charge in [-0.05, 0) is 37.7 Å². The lowest BCUT2D eigenvalue weighted by atomic mass is 9.77. The van der Waals surface area contributed by atoms with E-state index in [1.165, 1.54) is 0 Å². The molecule has 0 aromatic heterocycles. The summed E-state index contributed by atoms with van der Waals surface area (Å²) in [7, 11) is 0. The average Bonchev–Trinajstić information content (AvgIpc) is 2.30. The van der Waals surface area contributed by atoms with E-state index in [9.17, 15) is 4.79 Å². The van der Waals surface area contributed by atoms with Crippen LogP contribution in [0.4, 0.5) is 0 Å². The zero-order valence-corrected chi connectivity index (χ0v) is 10.1. The SMILES string of the molecule is C=CCCCC(C)C1CC(CO)C=CC1=O. The Morgan fingerprint density at radius 2 is 2.44 bits per heavy atom. The fraction of sp³-hybridized carbons (Fsp3) is 0.643. The van der Waals surface area contributed by atoms with Gasteiger partial charge < -0.3 is 5.11 Å². The van der Waals surface area contributed by atoms with E-state index in [4.69, 9.17) is 5.11 Å². The molecule has 3 unspecified atom stereocenters. The number of rotatable bonds is 6. The van der Waals surface area contributed by atoms with Crippen LogP contribution in [0.1, 0.15) is 32.6 Å². The van der Waals surface area contributed by atoms with Gasteiger partial charge in [0.1, 0.15) is 0 Å². The molecule has 3 atom stereocenters. The maximum absolute atomic E-state index is 11.7. The molecule has 0 radical (unpaired) electrons. The molecule has 0 saturated carbocycles. The fourth-order valence-corrected chi connectivity index (χ4v) is 2.31. The third-order valence-corrected chi connectivity index (χ3v) is 3.44. The number of aliphatic hydroxyl groups excluding tert-OH is 1. The normalized spacial score (nSPS) is 26.8. The second kappa shape index (κ2) is 6.64. The number of unbranched alkanes of at least 4 members (excludes halogenated alkanes) is 1. The van der Waals surface area contributed by atoms with E-state index >= 15 is 0 Å². The van der Waals surface area contributed by atoms with E-state index in [1.54, 1.807) is 6.08 Å². The summed E-state index contributed by atoms with van der Waals surface area (Å²) < 4.78 is 0. The molecular weight excluding hydrogens is 200 g/mol. The topological polar surface area (TPSA) is 37.3 Å². The zero-order valence-electron chi connectivity index (χ0n) is 10.1. The van der Waals surface area contributed by atoms with Crippen molar-refractivity contribution in [2.45, 2.75) is 32.6 Å². The largest absolute Gasteiger partial charge is 0.396 e. The number of aliphatic hydroxyl groups is 1. The van der Waals surface area contributed by atoms with Crippen molar-refractivity contribution in [2.75, 3.05) is 6.61 Å². The van der Waals surface area contributed by atoms with Gasteiger partial charge in [-0.3, -0.25) is 4.79 Å². The van der Waals surface area contributed by atoms with E-state index in [0.29, 0.717) is 5.92 Å². The maximum atomic E-state index is 11.7. The van der Waals surface area contributed by atoms with Gasteiger partial charge in [0.25, 0.3) is 0 Å². The first-order valence-corrected chi connectivity index (χ1v) is 6.12. The summed E-state index contributed by atoms with van der Waals surface area (Å²) in [4.78, 5) is 11.7. The van der Waals surface area contributed by atoms with Gasteiger partial charge in [-0.2, -0.15) is 0 Å². The average molecular weight is 222 g/mol. The highest BCUT2D eigenvalue weighted by Crippen LogP contribution is 2.29. The molecule has 0 heterocycles. The predicted molar refractivity (Wildman–Crippen MR) is 66.0 cm³/mol. The molecule has 1 aliphatic carbocycles. The summed E-state index contributed by atoms with van der Waals surface area (Å²) in [5.74, 6) is 0.916. The molecule has 0 saturated heterocycles. The molecule has 0 aromatic rings. The van der Waals surface area contributed by atoms with Gasteiger partial charge in [0.05, 0.1) is 0 Å². The lowest BCUT2D eigenvalue weighted by Gasteiger charge is -2.27. The Hall–Kier alpha value is -0.890. The highest BCUT2D eigenvalue weighted by molar-refractivity contribution is 5.92. The van der Waals surface area contributed by atoms with Crippen molar-refractivity contribution in [2.24, 2.45) is 17.8 Å². The highest BCUT2D eigenvalue weighted by Gasteiger charge is 2.28. The van der Waals surface area contributed by atoms with Crippen molar-refractivity contribution in [1.82, 2.24) is 0 Å². The van der Waals surface area contributed by atoms with Crippen molar-refractivity contribution in [1.29, 1.82) is 0 Å². The summed E-state index contributed by atoms with van der Waals surface area (Å²) in [6, 6.07) is 0. The smallest absolute Gasteiger partial charge is 0.158 e. The molecule has 1 aliphatic rings. The predicted octanol–water partition coefficient (Wildman–Crippen LogP) is 2.73. The quantitative estimate of drug-likeness (QED) is 0.554. The number of hydrogen-bond donors (Lipinski definition) is 1. The van der Waals surface area contributed by atoms with Crippen LogP contribution in [0.3, 0.4) is 0 Å². The molecule has 1 N–H and O–H groups in total. The molecule has 0 amide bonds. The van der Waals surface area contributed by atoms with E-state index in [0.717, 1.165) is 25.7 Å². The first-order valence-electron chi connectivity index (χ1n) is 6.12. The van der Waals surface area contributed by atoms with Gasteiger partial charge in [0.2, 0.25) is 0 Å². The van der Waals surface area contributed by atoms with E-state index in [-0.39, 0.29) is 24.2 Å². The molecule has 2 heteroatoms. The van der Waals surface area contributed by atoms with Gasteiger partial charge in [-0.1, -0.05) is 19.1 Å². The lowest BCUT2D eigenvalue weighted by Crippen LogP contribution is -2.27. The molecule has 0 aliphatic heterocycles. The Morgan fingerprint density at radius 3 is 3.06 bits per heavy atom. The summed E-state index contributed by atoms with van der Waals surface area (Å²) in [5.41, 5.74) is 0. The minimum Gasteiger partial charge on any atom is -0.396 e. The van der Waals surface area contributed by atoms with Crippen molar-refractivity contribution >= 4 is 5.78 Å². The Bertz CT molecular complexity index is 268. The van der Waals surface area contributed by atoms with Gasteiger partial charge >= 0.3 is 0 Å². The van der Waals surface area contributed by atoms with Crippen LogP contribution < -0.4 is 0 Å². The van der Waals surface area contributed by atoms with Crippen LogP contribution in [0.25, 0.3) is 0 Å². The Kier molecular flexibility index (Phi) is 5.47. The fourth-order valence-electron chi connectivity index (χ4n) is 2.31. The van der Waals surface area contributed by atoms with Crippen LogP contribution in [0, 0.1) is 17.8 Å². The van der Waals surface area contributed by atoms with E-state index in [1.807, 2.05) is 12.2 Å². The lowest BCUT2D eigenvalue weighted by molar-refractivity contribution is -0.120. The molecule has 2 nitrogen and oxygen atoms in total. The Labute approximate surface area is 98.1 Å². The molecule has 0 aromatic carbocycles. The van der Waals surface area contributed by atoms with Crippen LogP contribution in [0.2, 0.25) is 0 Å². The van der Waals surface area contributed by atoms with Crippen LogP contribution in [0.5, 0.6) is 0 Å². The summed E-state index contributed by atoms with van der Waals surface area (Å²) in [5, 5.41) is 9.12. The summed E-state index contributed by atoms with van der Waals surface area (Å²) in [6.45, 7) is 5.99. The van der Waals surface area contributed by atoms with Crippen LogP contribution >= 0.6 is 0 Å². The Balaban J connectivity index is 2.48. The van der Waals surface area contributed by atoms with Crippen LogP contribution in [0.15, 0.2) is 24.8 Å². The van der Waals surface area contributed by atoms with Crippen molar-refractivity contribution < 1.29 is 9.90 Å². The van der Waals surface area contributed by atoms with Crippen LogP contribution in [-0.4, -0.2) is 17.5 Å². The minimum atomic E-state index is 0.104. The van der Waals surface area contributed by atoms with Crippen molar-refractivity contribution in [3.63, 3.8) is 0 Å². The summed E-state index contributed by atoms with van der Waals surface area (Å²) in [6.07, 6.45) is 9.40. The summed E-state index contributed by atoms with van der Waals surface area (Å²) >= 11 is 0. The first-order chi connectivity index (χ1) is 7.69. The maximum Gasteiger partial charge on any atom is 0.158 e. The van der Waals surface area contributed by atoms with Crippen molar-refractivity contribution in [3.8, 4) is 0 Å². The number of carbonyl (C=O) groups excluding carboxylic acids is 1. The standard InChI is InChI=1S/C14H22O2/c1-3-4-5-6-11(2)13-9-12(10-15)7-8-14(13)16/h3,7-8,11-13,15H,1,4-6,9-10H2,2H3. The molecular formula is C14H22O2. The van der Waals surface area contributed by atoms with Gasteiger partial charge in [0.15, 0.2) is 5.78 Å². The second-order valence-electron chi connectivity index (χ2n) is 4.74. The molecule has 0 fully saturated rings. The molecule has 16 heavy (non-hydrogen) atoms. The Morgan fingerprint density at radius 1 is 1.69 bits per heavy atom. The molecule has 0 bridgehead atoms. The van der Waals surface area contributed by atoms with Crippen LogP contribution in [-0.2, 0) is 4.79 Å². The minimum absolute atomic E-state index is 0.104. The molecule has 1 rings (SSSR count). The number of carbonyl (C=O) groups is 1. The molecule has 0 spiro atoms. The third kappa shape index (κ3) is 3.60. The molecule has 90 valence electrons. The van der Waals surface area contributed by atoms with E-state index < -0.39 is 0 Å². The second-order valence-corrected chi connectivity index (χ2v) is 4.74.